The van der Waals surface area contributed by atoms with E-state index in [1.54, 1.807) is 18.2 Å². The molecule has 4 rings (SSSR count). The van der Waals surface area contributed by atoms with Gasteiger partial charge in [-0.25, -0.2) is 0 Å². The highest BCUT2D eigenvalue weighted by molar-refractivity contribution is 7.80. The van der Waals surface area contributed by atoms with Crippen molar-refractivity contribution in [2.75, 3.05) is 11.9 Å². The van der Waals surface area contributed by atoms with Crippen LogP contribution in [-0.2, 0) is 0 Å². The van der Waals surface area contributed by atoms with Crippen LogP contribution in [0.25, 0.3) is 0 Å². The van der Waals surface area contributed by atoms with Gasteiger partial charge in [0.2, 0.25) is 0 Å². The molecule has 0 radical (unpaired) electrons. The summed E-state index contributed by atoms with van der Waals surface area (Å²) in [5, 5.41) is 1.30. The fourth-order valence-corrected chi connectivity index (χ4v) is 4.18. The van der Waals surface area contributed by atoms with Gasteiger partial charge in [0.25, 0.3) is 0 Å². The number of hydrogen-bond donors (Lipinski definition) is 0. The van der Waals surface area contributed by atoms with Crippen LogP contribution in [-0.4, -0.2) is 12.1 Å². The molecule has 1 aliphatic heterocycles. The quantitative estimate of drug-likeness (QED) is 0.449. The molecule has 0 spiro atoms. The summed E-state index contributed by atoms with van der Waals surface area (Å²) in [6.07, 6.45) is 0. The van der Waals surface area contributed by atoms with Crippen molar-refractivity contribution in [1.82, 2.24) is 0 Å². The number of nitrogens with zero attached hydrogens (tertiary/aromatic N) is 1. The highest BCUT2D eigenvalue weighted by Gasteiger charge is 2.32. The molecular formula is C21H15Cl2NOS. The fourth-order valence-electron chi connectivity index (χ4n) is 3.36. The van der Waals surface area contributed by atoms with E-state index in [2.05, 4.69) is 36.2 Å². The largest absolute Gasteiger partial charge is 0.446 e. The van der Waals surface area contributed by atoms with Crippen LogP contribution in [0.3, 0.4) is 0 Å². The molecule has 0 unspecified atom stereocenters. The average molecular weight is 400 g/mol. The average Bonchev–Trinajstić information content (AvgIpc) is 2.65. The Morgan fingerprint density at radius 2 is 1.35 bits per heavy atom. The molecule has 1 aliphatic rings. The number of benzene rings is 3. The molecule has 0 saturated heterocycles. The highest BCUT2D eigenvalue weighted by atomic mass is 35.5. The Bertz CT molecular complexity index is 937. The van der Waals surface area contributed by atoms with Crippen LogP contribution in [0, 0.1) is 0 Å². The second-order valence-electron chi connectivity index (χ2n) is 6.08. The van der Waals surface area contributed by atoms with E-state index in [-0.39, 0.29) is 5.92 Å². The van der Waals surface area contributed by atoms with Gasteiger partial charge in [0, 0.05) is 18.4 Å². The Hall–Kier alpha value is -2.07. The lowest BCUT2D eigenvalue weighted by Gasteiger charge is -2.35. The van der Waals surface area contributed by atoms with E-state index in [0.29, 0.717) is 20.8 Å². The lowest BCUT2D eigenvalue weighted by molar-refractivity contribution is 0.543. The molecule has 130 valence electrons. The van der Waals surface area contributed by atoms with Gasteiger partial charge >= 0.3 is 0 Å². The van der Waals surface area contributed by atoms with Crippen molar-refractivity contribution in [2.45, 2.75) is 5.92 Å². The van der Waals surface area contributed by atoms with Crippen LogP contribution in [0.4, 0.5) is 11.4 Å². The molecule has 0 saturated carbocycles. The molecule has 0 N–H and O–H groups in total. The molecule has 1 heterocycles. The maximum absolute atomic E-state index is 6.26. The summed E-state index contributed by atoms with van der Waals surface area (Å²) in [5.74, 6) is 0.218. The van der Waals surface area contributed by atoms with Gasteiger partial charge in [-0.15, -0.1) is 0 Å². The van der Waals surface area contributed by atoms with Crippen molar-refractivity contribution in [3.63, 3.8) is 0 Å². The molecule has 3 aromatic rings. The minimum Gasteiger partial charge on any atom is -0.446 e. The van der Waals surface area contributed by atoms with Gasteiger partial charge < -0.3 is 9.64 Å². The summed E-state index contributed by atoms with van der Waals surface area (Å²) in [4.78, 5) is 2.17. The number of anilines is 2. The number of ether oxygens (including phenoxy) is 1. The third-order valence-corrected chi connectivity index (χ3v) is 5.49. The van der Waals surface area contributed by atoms with Crippen LogP contribution in [0.15, 0.2) is 66.7 Å². The van der Waals surface area contributed by atoms with Gasteiger partial charge in [0.1, 0.15) is 0 Å². The van der Waals surface area contributed by atoms with E-state index >= 15 is 0 Å². The maximum atomic E-state index is 6.26. The number of halogens is 2. The normalized spacial score (nSPS) is 13.1. The summed E-state index contributed by atoms with van der Waals surface area (Å²) in [6, 6.07) is 21.7. The number of thiocarbonyl (C=S) groups is 1. The van der Waals surface area contributed by atoms with Gasteiger partial charge in [0.05, 0.1) is 16.0 Å². The molecule has 0 fully saturated rings. The van der Waals surface area contributed by atoms with E-state index in [1.807, 2.05) is 24.3 Å². The van der Waals surface area contributed by atoms with Gasteiger partial charge in [-0.05, 0) is 47.6 Å². The first-order chi connectivity index (χ1) is 12.6. The van der Waals surface area contributed by atoms with Gasteiger partial charge in [-0.3, -0.25) is 0 Å². The van der Waals surface area contributed by atoms with Crippen LogP contribution in [0.1, 0.15) is 17.0 Å². The zero-order valence-electron chi connectivity index (χ0n) is 13.9. The Balaban J connectivity index is 1.81. The number of rotatable bonds is 2. The number of hydrogen-bond acceptors (Lipinski definition) is 3. The van der Waals surface area contributed by atoms with Crippen LogP contribution < -0.4 is 9.64 Å². The maximum Gasteiger partial charge on any atom is 0.179 e. The molecule has 26 heavy (non-hydrogen) atoms. The number of fused-ring (bicyclic) bond motifs is 2. The van der Waals surface area contributed by atoms with Crippen LogP contribution in [0.5, 0.6) is 5.75 Å². The third-order valence-electron chi connectivity index (χ3n) is 4.58. The molecule has 3 aromatic carbocycles. The van der Waals surface area contributed by atoms with Gasteiger partial charge in [0.15, 0.2) is 10.8 Å². The van der Waals surface area contributed by atoms with E-state index in [1.165, 1.54) is 0 Å². The first-order valence-corrected chi connectivity index (χ1v) is 9.31. The smallest absolute Gasteiger partial charge is 0.179 e. The predicted molar refractivity (Wildman–Crippen MR) is 112 cm³/mol. The zero-order chi connectivity index (χ0) is 18.3. The molecule has 0 aromatic heterocycles. The summed E-state index contributed by atoms with van der Waals surface area (Å²) < 4.78 is 6.01. The fraction of sp³-hybridized carbons (Fsp3) is 0.0952. The van der Waals surface area contributed by atoms with E-state index < -0.39 is 0 Å². The van der Waals surface area contributed by atoms with Crippen LogP contribution >= 0.6 is 35.4 Å². The van der Waals surface area contributed by atoms with Gasteiger partial charge in [-0.1, -0.05) is 65.7 Å². The Labute approximate surface area is 167 Å². The van der Waals surface area contributed by atoms with E-state index in [0.717, 1.165) is 22.5 Å². The van der Waals surface area contributed by atoms with Crippen LogP contribution in [0.2, 0.25) is 10.0 Å². The Morgan fingerprint density at radius 1 is 0.846 bits per heavy atom. The van der Waals surface area contributed by atoms with Crippen molar-refractivity contribution >= 4 is 51.8 Å². The summed E-state index contributed by atoms with van der Waals surface area (Å²) in [5.41, 5.74) is 4.41. The minimum absolute atomic E-state index is 0.180. The second kappa shape index (κ2) is 6.92. The van der Waals surface area contributed by atoms with Crippen molar-refractivity contribution < 1.29 is 4.74 Å². The van der Waals surface area contributed by atoms with Crippen molar-refractivity contribution in [1.29, 1.82) is 0 Å². The predicted octanol–water partition coefficient (Wildman–Crippen LogP) is 6.61. The molecule has 0 atom stereocenters. The van der Waals surface area contributed by atoms with Crippen molar-refractivity contribution in [2.24, 2.45) is 0 Å². The molecular weight excluding hydrogens is 385 g/mol. The first kappa shape index (κ1) is 17.3. The molecule has 2 nitrogen and oxygen atoms in total. The molecule has 0 amide bonds. The Kier molecular flexibility index (Phi) is 4.62. The van der Waals surface area contributed by atoms with Crippen molar-refractivity contribution in [3.8, 4) is 5.75 Å². The van der Waals surface area contributed by atoms with E-state index in [4.69, 9.17) is 40.2 Å². The van der Waals surface area contributed by atoms with E-state index in [9.17, 15) is 0 Å². The first-order valence-electron chi connectivity index (χ1n) is 8.15. The zero-order valence-corrected chi connectivity index (χ0v) is 16.3. The topological polar surface area (TPSA) is 12.5 Å². The number of para-hydroxylation sites is 3. The van der Waals surface area contributed by atoms with Crippen molar-refractivity contribution in [3.05, 3.63) is 87.9 Å². The monoisotopic (exact) mass is 399 g/mol. The lowest BCUT2D eigenvalue weighted by atomic mass is 9.85. The Morgan fingerprint density at radius 3 is 1.88 bits per heavy atom. The summed E-state index contributed by atoms with van der Waals surface area (Å²) in [7, 11) is 2.06. The molecule has 5 heteroatoms. The third kappa shape index (κ3) is 2.86. The summed E-state index contributed by atoms with van der Waals surface area (Å²) >= 11 is 18.2. The highest BCUT2D eigenvalue weighted by Crippen LogP contribution is 2.46. The van der Waals surface area contributed by atoms with Gasteiger partial charge in [-0.2, -0.15) is 0 Å². The molecule has 0 bridgehead atoms. The molecule has 0 aliphatic carbocycles. The summed E-state index contributed by atoms with van der Waals surface area (Å²) in [6.45, 7) is 0. The lowest BCUT2D eigenvalue weighted by Crippen LogP contribution is -2.27. The SMILES string of the molecule is CN1c2ccccc2C(C(=S)Oc2c(Cl)cccc2Cl)c2ccccc21. The second-order valence-corrected chi connectivity index (χ2v) is 7.30. The standard InChI is InChI=1S/C21H15Cl2NOS/c1-24-17-11-4-2-7-13(17)19(14-8-3-5-12-18(14)24)21(26)25-20-15(22)9-6-10-16(20)23/h2-12,19H,1H3. The minimum atomic E-state index is -0.180.